The van der Waals surface area contributed by atoms with Crippen molar-refractivity contribution in [3.8, 4) is 0 Å². The van der Waals surface area contributed by atoms with E-state index in [1.54, 1.807) is 12.4 Å². The number of H-pyrrole nitrogens is 1. The number of fused-ring (bicyclic) bond motifs is 1. The molecule has 0 saturated carbocycles. The van der Waals surface area contributed by atoms with Crippen LogP contribution in [0.15, 0.2) is 18.5 Å². The fourth-order valence-corrected chi connectivity index (χ4v) is 2.66. The van der Waals surface area contributed by atoms with E-state index in [-0.39, 0.29) is 11.9 Å². The summed E-state index contributed by atoms with van der Waals surface area (Å²) in [4.78, 5) is 7.38. The molecule has 0 bridgehead atoms. The SMILES string of the molecule is Cc1ccc(F)c([C@H]2NCCc3[nH]cnc32)c1Cl. The van der Waals surface area contributed by atoms with Crippen molar-refractivity contribution in [3.05, 3.63) is 51.8 Å². The maximum absolute atomic E-state index is 14.1. The van der Waals surface area contributed by atoms with Crippen molar-refractivity contribution in [2.24, 2.45) is 0 Å². The van der Waals surface area contributed by atoms with Gasteiger partial charge >= 0.3 is 0 Å². The van der Waals surface area contributed by atoms with E-state index >= 15 is 0 Å². The molecule has 1 atom stereocenters. The number of halogens is 2. The fourth-order valence-electron chi connectivity index (χ4n) is 2.40. The van der Waals surface area contributed by atoms with Gasteiger partial charge in [-0.2, -0.15) is 0 Å². The van der Waals surface area contributed by atoms with Crippen LogP contribution < -0.4 is 5.32 Å². The predicted octanol–water partition coefficient (Wildman–Crippen LogP) is 2.75. The number of nitrogens with zero attached hydrogens (tertiary/aromatic N) is 1. The van der Waals surface area contributed by atoms with Gasteiger partial charge in [-0.1, -0.05) is 17.7 Å². The van der Waals surface area contributed by atoms with E-state index in [2.05, 4.69) is 15.3 Å². The molecule has 1 aliphatic heterocycles. The van der Waals surface area contributed by atoms with Crippen LogP contribution in [0.1, 0.15) is 28.6 Å². The predicted molar refractivity (Wildman–Crippen MR) is 68.3 cm³/mol. The number of aryl methyl sites for hydroxylation is 1. The number of imidazole rings is 1. The van der Waals surface area contributed by atoms with Crippen molar-refractivity contribution in [2.75, 3.05) is 6.54 Å². The molecule has 0 aliphatic carbocycles. The molecule has 18 heavy (non-hydrogen) atoms. The van der Waals surface area contributed by atoms with Crippen LogP contribution in [0.25, 0.3) is 0 Å². The molecular weight excluding hydrogens is 253 g/mol. The summed E-state index contributed by atoms with van der Waals surface area (Å²) in [6, 6.07) is 2.88. The lowest BCUT2D eigenvalue weighted by atomic mass is 9.96. The minimum absolute atomic E-state index is 0.271. The summed E-state index contributed by atoms with van der Waals surface area (Å²) >= 11 is 6.25. The molecule has 2 N–H and O–H groups in total. The topological polar surface area (TPSA) is 40.7 Å². The van der Waals surface area contributed by atoms with Gasteiger partial charge in [-0.25, -0.2) is 9.37 Å². The van der Waals surface area contributed by atoms with E-state index in [4.69, 9.17) is 11.6 Å². The van der Waals surface area contributed by atoms with Gasteiger partial charge in [0.15, 0.2) is 0 Å². The standard InChI is InChI=1S/C13H13ClFN3/c1-7-2-3-8(15)10(11(7)14)13-12-9(4-5-16-13)17-6-18-12/h2-3,6,13,16H,4-5H2,1H3,(H,17,18)/t13-/m1/s1. The molecule has 5 heteroatoms. The first-order chi connectivity index (χ1) is 8.68. The molecule has 0 fully saturated rings. The van der Waals surface area contributed by atoms with Gasteiger partial charge in [0.25, 0.3) is 0 Å². The van der Waals surface area contributed by atoms with Crippen LogP contribution in [0.5, 0.6) is 0 Å². The molecule has 0 amide bonds. The fraction of sp³-hybridized carbons (Fsp3) is 0.308. The molecule has 94 valence electrons. The molecule has 3 nitrogen and oxygen atoms in total. The first-order valence-electron chi connectivity index (χ1n) is 5.88. The zero-order chi connectivity index (χ0) is 12.7. The summed E-state index contributed by atoms with van der Waals surface area (Å²) < 4.78 is 14.1. The number of aromatic nitrogens is 2. The highest BCUT2D eigenvalue weighted by molar-refractivity contribution is 6.32. The Kier molecular flexibility index (Phi) is 2.84. The molecule has 2 aromatic rings. The Balaban J connectivity index is 2.16. The quantitative estimate of drug-likeness (QED) is 0.832. The Morgan fingerprint density at radius 1 is 1.44 bits per heavy atom. The van der Waals surface area contributed by atoms with Gasteiger partial charge in [0.05, 0.1) is 23.1 Å². The molecule has 2 heterocycles. The maximum Gasteiger partial charge on any atom is 0.129 e. The normalized spacial score (nSPS) is 18.7. The molecule has 1 aromatic heterocycles. The molecule has 3 rings (SSSR count). The Bertz CT molecular complexity index is 594. The number of rotatable bonds is 1. The van der Waals surface area contributed by atoms with Crippen molar-refractivity contribution < 1.29 is 4.39 Å². The number of benzene rings is 1. The highest BCUT2D eigenvalue weighted by Crippen LogP contribution is 2.34. The molecule has 1 aromatic carbocycles. The van der Waals surface area contributed by atoms with Crippen molar-refractivity contribution >= 4 is 11.6 Å². The molecule has 0 radical (unpaired) electrons. The van der Waals surface area contributed by atoms with Crippen molar-refractivity contribution in [2.45, 2.75) is 19.4 Å². The molecule has 1 aliphatic rings. The van der Waals surface area contributed by atoms with Gasteiger partial charge in [-0.05, 0) is 18.6 Å². The second kappa shape index (κ2) is 4.37. The van der Waals surface area contributed by atoms with E-state index in [9.17, 15) is 4.39 Å². The number of aromatic amines is 1. The minimum Gasteiger partial charge on any atom is -0.348 e. The Hall–Kier alpha value is -1.39. The Morgan fingerprint density at radius 2 is 2.28 bits per heavy atom. The highest BCUT2D eigenvalue weighted by atomic mass is 35.5. The third kappa shape index (κ3) is 1.72. The zero-order valence-electron chi connectivity index (χ0n) is 9.93. The molecule has 0 saturated heterocycles. The van der Waals surface area contributed by atoms with E-state index < -0.39 is 0 Å². The van der Waals surface area contributed by atoms with Crippen molar-refractivity contribution in [1.82, 2.24) is 15.3 Å². The van der Waals surface area contributed by atoms with Gasteiger partial charge in [0.1, 0.15) is 5.82 Å². The van der Waals surface area contributed by atoms with Crippen LogP contribution in [-0.2, 0) is 6.42 Å². The van der Waals surface area contributed by atoms with Crippen LogP contribution in [0.2, 0.25) is 5.02 Å². The van der Waals surface area contributed by atoms with Crippen LogP contribution >= 0.6 is 11.6 Å². The van der Waals surface area contributed by atoms with Gasteiger partial charge in [-0.15, -0.1) is 0 Å². The van der Waals surface area contributed by atoms with Crippen LogP contribution in [-0.4, -0.2) is 16.5 Å². The largest absolute Gasteiger partial charge is 0.348 e. The number of hydrogen-bond acceptors (Lipinski definition) is 2. The summed E-state index contributed by atoms with van der Waals surface area (Å²) in [6.07, 6.45) is 2.52. The van der Waals surface area contributed by atoms with Gasteiger partial charge in [0.2, 0.25) is 0 Å². The average Bonchev–Trinajstić information content (AvgIpc) is 2.83. The Labute approximate surface area is 109 Å². The second-order valence-electron chi connectivity index (χ2n) is 4.50. The van der Waals surface area contributed by atoms with E-state index in [1.807, 2.05) is 6.92 Å². The van der Waals surface area contributed by atoms with Gasteiger partial charge in [-0.3, -0.25) is 0 Å². The lowest BCUT2D eigenvalue weighted by molar-refractivity contribution is 0.518. The zero-order valence-corrected chi connectivity index (χ0v) is 10.7. The summed E-state index contributed by atoms with van der Waals surface area (Å²) in [5, 5.41) is 3.75. The van der Waals surface area contributed by atoms with Gasteiger partial charge < -0.3 is 10.3 Å². The average molecular weight is 266 g/mol. The highest BCUT2D eigenvalue weighted by Gasteiger charge is 2.28. The number of hydrogen-bond donors (Lipinski definition) is 2. The maximum atomic E-state index is 14.1. The van der Waals surface area contributed by atoms with Crippen molar-refractivity contribution in [1.29, 1.82) is 0 Å². The monoisotopic (exact) mass is 265 g/mol. The minimum atomic E-state index is -0.293. The summed E-state index contributed by atoms with van der Waals surface area (Å²) in [5.74, 6) is -0.293. The third-order valence-electron chi connectivity index (χ3n) is 3.36. The van der Waals surface area contributed by atoms with E-state index in [0.29, 0.717) is 10.6 Å². The van der Waals surface area contributed by atoms with E-state index in [0.717, 1.165) is 29.9 Å². The van der Waals surface area contributed by atoms with Crippen LogP contribution in [0.4, 0.5) is 4.39 Å². The summed E-state index contributed by atoms with van der Waals surface area (Å²) in [7, 11) is 0. The molecule has 0 unspecified atom stereocenters. The number of nitrogens with one attached hydrogen (secondary N) is 2. The Morgan fingerprint density at radius 3 is 3.11 bits per heavy atom. The van der Waals surface area contributed by atoms with Gasteiger partial charge in [0, 0.05) is 24.2 Å². The van der Waals surface area contributed by atoms with Crippen molar-refractivity contribution in [3.63, 3.8) is 0 Å². The third-order valence-corrected chi connectivity index (χ3v) is 3.86. The lowest BCUT2D eigenvalue weighted by Crippen LogP contribution is -2.31. The molecular formula is C13H13ClFN3. The smallest absolute Gasteiger partial charge is 0.129 e. The summed E-state index contributed by atoms with van der Waals surface area (Å²) in [6.45, 7) is 2.66. The van der Waals surface area contributed by atoms with E-state index in [1.165, 1.54) is 6.07 Å². The van der Waals surface area contributed by atoms with Crippen LogP contribution in [0, 0.1) is 12.7 Å². The first kappa shape index (κ1) is 11.7. The van der Waals surface area contributed by atoms with Crippen LogP contribution in [0.3, 0.4) is 0 Å². The lowest BCUT2D eigenvalue weighted by Gasteiger charge is -2.25. The second-order valence-corrected chi connectivity index (χ2v) is 4.87. The molecule has 0 spiro atoms. The summed E-state index contributed by atoms with van der Waals surface area (Å²) in [5.41, 5.74) is 3.26. The first-order valence-corrected chi connectivity index (χ1v) is 6.26.